The van der Waals surface area contributed by atoms with E-state index in [9.17, 15) is 5.11 Å². The van der Waals surface area contributed by atoms with Crippen LogP contribution in [0.1, 0.15) is 17.5 Å². The molecule has 5 aromatic carbocycles. The summed E-state index contributed by atoms with van der Waals surface area (Å²) in [5.41, 5.74) is 7.90. The Bertz CT molecular complexity index is 1590. The molecule has 0 saturated carbocycles. The lowest BCUT2D eigenvalue weighted by molar-refractivity contribution is 0.475. The van der Waals surface area contributed by atoms with Crippen molar-refractivity contribution in [2.24, 2.45) is 0 Å². The predicted octanol–water partition coefficient (Wildman–Crippen LogP) is 8.58. The Labute approximate surface area is 221 Å². The minimum absolute atomic E-state index is 0.189. The molecule has 4 nitrogen and oxygen atoms in total. The Morgan fingerprint density at radius 1 is 0.605 bits per heavy atom. The van der Waals surface area contributed by atoms with Gasteiger partial charge in [-0.1, -0.05) is 121 Å². The van der Waals surface area contributed by atoms with Crippen molar-refractivity contribution in [1.82, 2.24) is 4.98 Å². The predicted molar refractivity (Wildman–Crippen MR) is 153 cm³/mol. The van der Waals surface area contributed by atoms with Crippen molar-refractivity contribution >= 4 is 5.69 Å². The van der Waals surface area contributed by atoms with Gasteiger partial charge in [0.15, 0.2) is 0 Å². The van der Waals surface area contributed by atoms with Crippen LogP contribution >= 0.6 is 0 Å². The fourth-order valence-corrected chi connectivity index (χ4v) is 4.72. The molecule has 0 fully saturated rings. The largest absolute Gasteiger partial charge is 0.508 e. The van der Waals surface area contributed by atoms with Crippen LogP contribution in [0.5, 0.6) is 5.75 Å². The number of hydrogen-bond donors (Lipinski definition) is 2. The molecule has 184 valence electrons. The van der Waals surface area contributed by atoms with E-state index in [4.69, 9.17) is 9.40 Å². The van der Waals surface area contributed by atoms with Crippen molar-refractivity contribution in [3.8, 4) is 39.3 Å². The van der Waals surface area contributed by atoms with E-state index < -0.39 is 0 Å². The summed E-state index contributed by atoms with van der Waals surface area (Å²) in [5.74, 6) is 0.727. The van der Waals surface area contributed by atoms with Gasteiger partial charge in [-0.3, -0.25) is 0 Å². The van der Waals surface area contributed by atoms with Crippen LogP contribution in [0.15, 0.2) is 144 Å². The Kier molecular flexibility index (Phi) is 6.44. The maximum Gasteiger partial charge on any atom is 0.221 e. The highest BCUT2D eigenvalue weighted by atomic mass is 16.3. The summed E-state index contributed by atoms with van der Waals surface area (Å²) < 4.78 is 6.08. The summed E-state index contributed by atoms with van der Waals surface area (Å²) in [6.45, 7) is 0. The van der Waals surface area contributed by atoms with Gasteiger partial charge in [0, 0.05) is 16.7 Å². The summed E-state index contributed by atoms with van der Waals surface area (Å²) in [5, 5.41) is 13.8. The number of nitrogens with one attached hydrogen (secondary N) is 1. The van der Waals surface area contributed by atoms with Crippen molar-refractivity contribution in [2.45, 2.75) is 6.04 Å². The fraction of sp³-hybridized carbons (Fsp3) is 0.0294. The molecule has 2 N–H and O–H groups in total. The maximum atomic E-state index is 9.97. The fourth-order valence-electron chi connectivity index (χ4n) is 4.72. The molecule has 6 rings (SSSR count). The minimum atomic E-state index is -0.352. The van der Waals surface area contributed by atoms with Gasteiger partial charge in [0.05, 0.1) is 5.69 Å². The van der Waals surface area contributed by atoms with E-state index >= 15 is 0 Å². The lowest BCUT2D eigenvalue weighted by Gasteiger charge is -2.23. The Morgan fingerprint density at radius 3 is 1.76 bits per heavy atom. The normalized spacial score (nSPS) is 11.7. The van der Waals surface area contributed by atoms with Crippen molar-refractivity contribution < 1.29 is 9.52 Å². The number of rotatable bonds is 7. The monoisotopic (exact) mass is 494 g/mol. The lowest BCUT2D eigenvalue weighted by atomic mass is 9.94. The molecule has 1 heterocycles. The van der Waals surface area contributed by atoms with Crippen LogP contribution in [0.4, 0.5) is 5.69 Å². The summed E-state index contributed by atoms with van der Waals surface area (Å²) in [6, 6.07) is 44.0. The van der Waals surface area contributed by atoms with Crippen LogP contribution in [0.3, 0.4) is 0 Å². The summed E-state index contributed by atoms with van der Waals surface area (Å²) >= 11 is 0. The van der Waals surface area contributed by atoms with Gasteiger partial charge >= 0.3 is 0 Å². The van der Waals surface area contributed by atoms with Gasteiger partial charge in [-0.25, -0.2) is 4.98 Å². The topological polar surface area (TPSA) is 58.3 Å². The molecule has 1 unspecified atom stereocenters. The van der Waals surface area contributed by atoms with Gasteiger partial charge in [-0.05, 0) is 28.8 Å². The lowest BCUT2D eigenvalue weighted by Crippen LogP contribution is -2.14. The van der Waals surface area contributed by atoms with Gasteiger partial charge in [-0.2, -0.15) is 0 Å². The Morgan fingerprint density at radius 2 is 1.16 bits per heavy atom. The van der Waals surface area contributed by atoms with Gasteiger partial charge in [-0.15, -0.1) is 0 Å². The summed E-state index contributed by atoms with van der Waals surface area (Å²) in [7, 11) is 0. The first kappa shape index (κ1) is 23.3. The van der Waals surface area contributed by atoms with Gasteiger partial charge in [0.1, 0.15) is 23.7 Å². The molecule has 0 aliphatic heterocycles. The number of oxazole rings is 1. The van der Waals surface area contributed by atoms with Gasteiger partial charge in [0.2, 0.25) is 5.89 Å². The number of anilines is 1. The molecular weight excluding hydrogens is 468 g/mol. The molecule has 1 aromatic heterocycles. The van der Waals surface area contributed by atoms with Crippen molar-refractivity contribution in [3.05, 3.63) is 151 Å². The molecule has 0 aliphatic carbocycles. The number of aromatic nitrogens is 1. The van der Waals surface area contributed by atoms with Gasteiger partial charge in [0.25, 0.3) is 0 Å². The smallest absolute Gasteiger partial charge is 0.221 e. The molecule has 6 aromatic rings. The number of aromatic hydroxyl groups is 1. The van der Waals surface area contributed by atoms with Crippen molar-refractivity contribution in [3.63, 3.8) is 0 Å². The number of nitrogens with zero attached hydrogens (tertiary/aromatic N) is 1. The van der Waals surface area contributed by atoms with E-state index in [1.54, 1.807) is 24.5 Å². The van der Waals surface area contributed by atoms with Crippen LogP contribution in [0.25, 0.3) is 33.5 Å². The first-order valence-electron chi connectivity index (χ1n) is 12.6. The highest BCUT2D eigenvalue weighted by molar-refractivity contribution is 5.90. The molecule has 0 spiro atoms. The summed E-state index contributed by atoms with van der Waals surface area (Å²) in [6.07, 6.45) is 1.64. The maximum absolute atomic E-state index is 9.97. The minimum Gasteiger partial charge on any atom is -0.508 e. The second-order valence-corrected chi connectivity index (χ2v) is 9.07. The van der Waals surface area contributed by atoms with Crippen molar-refractivity contribution in [1.29, 1.82) is 0 Å². The second kappa shape index (κ2) is 10.5. The molecule has 1 atom stereocenters. The molecule has 4 heteroatoms. The number of phenols is 1. The number of hydrogen-bond acceptors (Lipinski definition) is 4. The number of benzene rings is 5. The second-order valence-electron chi connectivity index (χ2n) is 9.07. The molecule has 0 radical (unpaired) electrons. The van der Waals surface area contributed by atoms with E-state index in [-0.39, 0.29) is 11.8 Å². The molecular formula is C34H26N2O2. The average molecular weight is 495 g/mol. The van der Waals surface area contributed by atoms with Crippen molar-refractivity contribution in [2.75, 3.05) is 5.32 Å². The van der Waals surface area contributed by atoms with E-state index in [1.807, 2.05) is 36.4 Å². The van der Waals surface area contributed by atoms with E-state index in [0.29, 0.717) is 11.6 Å². The molecule has 0 saturated heterocycles. The van der Waals surface area contributed by atoms with Crippen LogP contribution in [-0.4, -0.2) is 10.1 Å². The first-order valence-corrected chi connectivity index (χ1v) is 12.6. The van der Waals surface area contributed by atoms with E-state index in [0.717, 1.165) is 39.1 Å². The van der Waals surface area contributed by atoms with Crippen LogP contribution in [-0.2, 0) is 0 Å². The van der Waals surface area contributed by atoms with Crippen LogP contribution < -0.4 is 5.32 Å². The molecule has 0 aliphatic rings. The van der Waals surface area contributed by atoms with E-state index in [2.05, 4.69) is 84.2 Å². The van der Waals surface area contributed by atoms with Crippen LogP contribution in [0, 0.1) is 0 Å². The average Bonchev–Trinajstić information content (AvgIpc) is 3.47. The zero-order valence-electron chi connectivity index (χ0n) is 20.7. The summed E-state index contributed by atoms with van der Waals surface area (Å²) in [4.78, 5) is 4.86. The third-order valence-electron chi connectivity index (χ3n) is 6.57. The standard InChI is InChI=1S/C34H26N2O2/c37-28-19-10-18-27(22-28)31-23-38-34(35-31)32(26-16-8-3-9-17-26)36-33-29(24-12-4-1-5-13-24)20-11-21-30(33)25-14-6-2-7-15-25/h1-23,32,36-37H. The first-order chi connectivity index (χ1) is 18.8. The van der Waals surface area contributed by atoms with E-state index in [1.165, 1.54) is 0 Å². The molecule has 0 amide bonds. The van der Waals surface area contributed by atoms with Crippen LogP contribution in [0.2, 0.25) is 0 Å². The Balaban J connectivity index is 1.50. The number of phenolic OH excluding ortho intramolecular Hbond substituents is 1. The Hall–Kier alpha value is -5.09. The highest BCUT2D eigenvalue weighted by Crippen LogP contribution is 2.40. The third-order valence-corrected chi connectivity index (χ3v) is 6.57. The quantitative estimate of drug-likeness (QED) is 0.233. The SMILES string of the molecule is Oc1cccc(-c2coc(C(Nc3c(-c4ccccc4)cccc3-c3ccccc3)c3ccccc3)n2)c1. The molecule has 0 bridgehead atoms. The highest BCUT2D eigenvalue weighted by Gasteiger charge is 2.23. The number of para-hydroxylation sites is 1. The van der Waals surface area contributed by atoms with Gasteiger partial charge < -0.3 is 14.8 Å². The zero-order chi connectivity index (χ0) is 25.7. The third kappa shape index (κ3) is 4.80. The molecule has 38 heavy (non-hydrogen) atoms. The zero-order valence-corrected chi connectivity index (χ0v) is 20.7.